The van der Waals surface area contributed by atoms with Crippen LogP contribution in [0.4, 0.5) is 17.3 Å². The Morgan fingerprint density at radius 2 is 2.10 bits per heavy atom. The first-order valence-electron chi connectivity index (χ1n) is 6.68. The lowest BCUT2D eigenvalue weighted by molar-refractivity contribution is 0.415. The molecule has 0 bridgehead atoms. The molecule has 0 aliphatic carbocycles. The molecule has 5 nitrogen and oxygen atoms in total. The third-order valence-electron chi connectivity index (χ3n) is 3.04. The Balaban J connectivity index is 2.31. The summed E-state index contributed by atoms with van der Waals surface area (Å²) >= 11 is 0. The van der Waals surface area contributed by atoms with E-state index >= 15 is 0 Å². The summed E-state index contributed by atoms with van der Waals surface area (Å²) in [6.45, 7) is 4.00. The van der Waals surface area contributed by atoms with E-state index in [-0.39, 0.29) is 0 Å². The molecule has 2 rings (SSSR count). The average molecular weight is 272 g/mol. The van der Waals surface area contributed by atoms with Crippen molar-refractivity contribution in [3.8, 4) is 5.75 Å². The van der Waals surface area contributed by atoms with Gasteiger partial charge in [-0.3, -0.25) is 0 Å². The van der Waals surface area contributed by atoms with Crippen molar-refractivity contribution in [1.29, 1.82) is 0 Å². The Bertz CT molecular complexity index is 598. The zero-order valence-corrected chi connectivity index (χ0v) is 12.1. The minimum absolute atomic E-state index is 0.522. The minimum Gasteiger partial charge on any atom is -0.497 e. The Labute approximate surface area is 119 Å². The van der Waals surface area contributed by atoms with Crippen molar-refractivity contribution in [3.63, 3.8) is 0 Å². The molecule has 0 aliphatic heterocycles. The summed E-state index contributed by atoms with van der Waals surface area (Å²) in [6, 6.07) is 7.69. The average Bonchev–Trinajstić information content (AvgIpc) is 2.45. The molecule has 0 unspecified atom stereocenters. The van der Waals surface area contributed by atoms with Gasteiger partial charge in [0, 0.05) is 23.7 Å². The summed E-state index contributed by atoms with van der Waals surface area (Å²) in [5.41, 5.74) is 7.71. The number of nitrogens with one attached hydrogen (secondary N) is 1. The summed E-state index contributed by atoms with van der Waals surface area (Å²) in [6.07, 6.45) is 1.80. The van der Waals surface area contributed by atoms with Crippen LogP contribution in [0.2, 0.25) is 0 Å². The maximum Gasteiger partial charge on any atom is 0.139 e. The van der Waals surface area contributed by atoms with Gasteiger partial charge in [-0.25, -0.2) is 9.97 Å². The van der Waals surface area contributed by atoms with E-state index in [1.807, 2.05) is 31.2 Å². The van der Waals surface area contributed by atoms with Crippen molar-refractivity contribution >= 4 is 17.3 Å². The summed E-state index contributed by atoms with van der Waals surface area (Å²) < 4.78 is 5.21. The molecule has 0 radical (unpaired) electrons. The smallest absolute Gasteiger partial charge is 0.139 e. The van der Waals surface area contributed by atoms with Gasteiger partial charge in [-0.15, -0.1) is 0 Å². The lowest BCUT2D eigenvalue weighted by atomic mass is 10.2. The summed E-state index contributed by atoms with van der Waals surface area (Å²) in [4.78, 5) is 8.83. The first-order valence-corrected chi connectivity index (χ1v) is 6.68. The molecule has 1 heterocycles. The molecule has 0 aliphatic rings. The third kappa shape index (κ3) is 3.17. The van der Waals surface area contributed by atoms with Gasteiger partial charge in [0.1, 0.15) is 23.2 Å². The van der Waals surface area contributed by atoms with Crippen molar-refractivity contribution in [2.75, 3.05) is 18.2 Å². The van der Waals surface area contributed by atoms with Gasteiger partial charge in [-0.2, -0.15) is 0 Å². The normalized spacial score (nSPS) is 10.3. The summed E-state index contributed by atoms with van der Waals surface area (Å²) in [7, 11) is 1.65. The number of nitrogens with zero attached hydrogens (tertiary/aromatic N) is 2. The molecule has 0 amide bonds. The lowest BCUT2D eigenvalue weighted by Gasteiger charge is -2.12. The SMILES string of the molecule is CCCc1nc(N)c(C)c(Nc2cccc(OC)c2)n1. The van der Waals surface area contributed by atoms with E-state index in [1.54, 1.807) is 7.11 Å². The van der Waals surface area contributed by atoms with Gasteiger partial charge in [-0.1, -0.05) is 13.0 Å². The van der Waals surface area contributed by atoms with Crippen LogP contribution >= 0.6 is 0 Å². The molecule has 20 heavy (non-hydrogen) atoms. The summed E-state index contributed by atoms with van der Waals surface area (Å²) in [5.74, 6) is 2.83. The second-order valence-corrected chi connectivity index (χ2v) is 4.61. The fourth-order valence-corrected chi connectivity index (χ4v) is 1.88. The number of benzene rings is 1. The van der Waals surface area contributed by atoms with Crippen LogP contribution in [0.25, 0.3) is 0 Å². The molecular formula is C15H20N4O. The fraction of sp³-hybridized carbons (Fsp3) is 0.333. The van der Waals surface area contributed by atoms with Gasteiger partial charge in [0.2, 0.25) is 0 Å². The summed E-state index contributed by atoms with van der Waals surface area (Å²) in [5, 5.41) is 3.28. The second-order valence-electron chi connectivity index (χ2n) is 4.61. The van der Waals surface area contributed by atoms with Gasteiger partial charge in [0.15, 0.2) is 0 Å². The highest BCUT2D eigenvalue weighted by Gasteiger charge is 2.09. The highest BCUT2D eigenvalue weighted by Crippen LogP contribution is 2.24. The number of nitrogen functional groups attached to an aromatic ring is 1. The van der Waals surface area contributed by atoms with E-state index in [1.165, 1.54) is 0 Å². The van der Waals surface area contributed by atoms with Crippen molar-refractivity contribution in [3.05, 3.63) is 35.7 Å². The van der Waals surface area contributed by atoms with Gasteiger partial charge >= 0.3 is 0 Å². The van der Waals surface area contributed by atoms with Gasteiger partial charge in [0.25, 0.3) is 0 Å². The fourth-order valence-electron chi connectivity index (χ4n) is 1.88. The van der Waals surface area contributed by atoms with Crippen LogP contribution in [0.3, 0.4) is 0 Å². The van der Waals surface area contributed by atoms with Gasteiger partial charge in [0.05, 0.1) is 7.11 Å². The van der Waals surface area contributed by atoms with Crippen molar-refractivity contribution in [2.24, 2.45) is 0 Å². The maximum atomic E-state index is 5.95. The second kappa shape index (κ2) is 6.23. The molecule has 3 N–H and O–H groups in total. The number of methoxy groups -OCH3 is 1. The van der Waals surface area contributed by atoms with Crippen molar-refractivity contribution in [1.82, 2.24) is 9.97 Å². The molecule has 1 aromatic carbocycles. The van der Waals surface area contributed by atoms with Crippen LogP contribution in [0.5, 0.6) is 5.75 Å². The number of nitrogens with two attached hydrogens (primary N) is 1. The molecule has 1 aromatic heterocycles. The Morgan fingerprint density at radius 3 is 2.80 bits per heavy atom. The predicted octanol–water partition coefficient (Wildman–Crippen LogP) is 3.07. The number of anilines is 3. The molecule has 0 spiro atoms. The van der Waals surface area contributed by atoms with Gasteiger partial charge in [-0.05, 0) is 25.5 Å². The van der Waals surface area contributed by atoms with Crippen LogP contribution in [-0.2, 0) is 6.42 Å². The van der Waals surface area contributed by atoms with Crippen LogP contribution in [0, 0.1) is 6.92 Å². The van der Waals surface area contributed by atoms with Gasteiger partial charge < -0.3 is 15.8 Å². The van der Waals surface area contributed by atoms with E-state index in [9.17, 15) is 0 Å². The highest BCUT2D eigenvalue weighted by molar-refractivity contribution is 5.64. The van der Waals surface area contributed by atoms with Crippen molar-refractivity contribution in [2.45, 2.75) is 26.7 Å². The van der Waals surface area contributed by atoms with Crippen LogP contribution in [0.15, 0.2) is 24.3 Å². The van der Waals surface area contributed by atoms with E-state index in [2.05, 4.69) is 22.2 Å². The standard InChI is InChI=1S/C15H20N4O/c1-4-6-13-18-14(16)10(2)15(19-13)17-11-7-5-8-12(9-11)20-3/h5,7-9H,4,6H2,1-3H3,(H3,16,17,18,19). The molecule has 0 saturated heterocycles. The first-order chi connectivity index (χ1) is 9.63. The maximum absolute atomic E-state index is 5.95. The van der Waals surface area contributed by atoms with Crippen molar-refractivity contribution < 1.29 is 4.74 Å². The van der Waals surface area contributed by atoms with Crippen LogP contribution in [0.1, 0.15) is 24.7 Å². The third-order valence-corrected chi connectivity index (χ3v) is 3.04. The lowest BCUT2D eigenvalue weighted by Crippen LogP contribution is -2.07. The highest BCUT2D eigenvalue weighted by atomic mass is 16.5. The van der Waals surface area contributed by atoms with Crippen LogP contribution in [-0.4, -0.2) is 17.1 Å². The molecule has 0 saturated carbocycles. The molecule has 0 atom stereocenters. The number of rotatable bonds is 5. The van der Waals surface area contributed by atoms with E-state index in [0.717, 1.165) is 41.5 Å². The zero-order valence-electron chi connectivity index (χ0n) is 12.1. The van der Waals surface area contributed by atoms with E-state index < -0.39 is 0 Å². The Kier molecular flexibility index (Phi) is 4.40. The number of hydrogen-bond donors (Lipinski definition) is 2. The number of aromatic nitrogens is 2. The Morgan fingerprint density at radius 1 is 1.30 bits per heavy atom. The molecule has 106 valence electrons. The molecule has 2 aromatic rings. The number of hydrogen-bond acceptors (Lipinski definition) is 5. The quantitative estimate of drug-likeness (QED) is 0.875. The minimum atomic E-state index is 0.522. The molecular weight excluding hydrogens is 252 g/mol. The molecule has 5 heteroatoms. The predicted molar refractivity (Wildman–Crippen MR) is 81.5 cm³/mol. The monoisotopic (exact) mass is 272 g/mol. The molecule has 0 fully saturated rings. The topological polar surface area (TPSA) is 73.1 Å². The van der Waals surface area contributed by atoms with Crippen LogP contribution < -0.4 is 15.8 Å². The van der Waals surface area contributed by atoms with E-state index in [4.69, 9.17) is 10.5 Å². The Hall–Kier alpha value is -2.30. The first kappa shape index (κ1) is 14.1. The zero-order chi connectivity index (χ0) is 14.5. The number of ether oxygens (including phenoxy) is 1. The van der Waals surface area contributed by atoms with E-state index in [0.29, 0.717) is 5.82 Å². The number of aryl methyl sites for hydroxylation is 1. The largest absolute Gasteiger partial charge is 0.497 e.